The molecule has 0 unspecified atom stereocenters. The van der Waals surface area contributed by atoms with Crippen LogP contribution in [0.25, 0.3) is 0 Å². The van der Waals surface area contributed by atoms with Crippen molar-refractivity contribution in [3.63, 3.8) is 0 Å². The van der Waals surface area contributed by atoms with Crippen LogP contribution < -0.4 is 14.4 Å². The van der Waals surface area contributed by atoms with E-state index in [0.717, 1.165) is 11.1 Å². The molecule has 2 atom stereocenters. The number of carbonyl (C=O) groups excluding carboxylic acids is 1. The molecule has 1 amide bonds. The number of aryl methyl sites for hydroxylation is 1. The fourth-order valence-electron chi connectivity index (χ4n) is 4.45. The van der Waals surface area contributed by atoms with Crippen LogP contribution in [0.4, 0.5) is 15.6 Å². The maximum atomic E-state index is 13.9. The summed E-state index contributed by atoms with van der Waals surface area (Å²) in [6.07, 6.45) is 1.22. The number of sulfonamides is 1. The summed E-state index contributed by atoms with van der Waals surface area (Å²) in [6, 6.07) is 10.1. The van der Waals surface area contributed by atoms with Gasteiger partial charge in [-0.1, -0.05) is 24.6 Å². The number of hydrogen-bond donors (Lipinski definition) is 1. The Morgan fingerprint density at radius 3 is 2.58 bits per heavy atom. The number of hydrogen-bond acceptors (Lipinski definition) is 8. The molecule has 1 aliphatic rings. The molecule has 1 saturated heterocycles. The van der Waals surface area contributed by atoms with Gasteiger partial charge in [0, 0.05) is 30.7 Å². The van der Waals surface area contributed by atoms with Crippen molar-refractivity contribution in [2.24, 2.45) is 5.92 Å². The minimum atomic E-state index is -4.00. The van der Waals surface area contributed by atoms with Gasteiger partial charge in [0.1, 0.15) is 11.4 Å². The fraction of sp³-hybridized carbons (Fsp3) is 0.429. The van der Waals surface area contributed by atoms with Gasteiger partial charge in [0.05, 0.1) is 29.3 Å². The predicted octanol–water partition coefficient (Wildman–Crippen LogP) is 6.18. The molecular weight excluding hydrogens is 572 g/mol. The Kier molecular flexibility index (Phi) is 8.86. The molecule has 0 radical (unpaired) electrons. The number of nitrogens with one attached hydrogen (secondary N) is 1. The summed E-state index contributed by atoms with van der Waals surface area (Å²) >= 11 is 7.86. The summed E-state index contributed by atoms with van der Waals surface area (Å²) in [5.74, 6) is 0.839. The number of carbonyl (C=O) groups is 1. The molecule has 0 saturated carbocycles. The topological polar surface area (TPSA) is 101 Å². The molecule has 0 bridgehead atoms. The molecule has 0 aliphatic carbocycles. The van der Waals surface area contributed by atoms with Crippen LogP contribution in [0.15, 0.2) is 52.9 Å². The van der Waals surface area contributed by atoms with E-state index in [4.69, 9.17) is 21.1 Å². The van der Waals surface area contributed by atoms with Gasteiger partial charge in [-0.2, -0.15) is 0 Å². The van der Waals surface area contributed by atoms with Crippen LogP contribution in [0.2, 0.25) is 5.02 Å². The van der Waals surface area contributed by atoms with Crippen molar-refractivity contribution in [3.8, 4) is 5.75 Å². The Bertz CT molecular complexity index is 1460. The number of rotatable bonds is 8. The third kappa shape index (κ3) is 6.82. The van der Waals surface area contributed by atoms with Crippen molar-refractivity contribution in [2.45, 2.75) is 57.7 Å². The second-order valence-electron chi connectivity index (χ2n) is 10.9. The van der Waals surface area contributed by atoms with Gasteiger partial charge in [0.2, 0.25) is 0 Å². The molecule has 1 aliphatic heterocycles. The monoisotopic (exact) mass is 606 g/mol. The third-order valence-corrected chi connectivity index (χ3v) is 9.58. The summed E-state index contributed by atoms with van der Waals surface area (Å²) < 4.78 is 39.9. The number of nitrogens with zero attached hydrogens (tertiary/aromatic N) is 3. The Balaban J connectivity index is 1.55. The number of likely N-dealkylation sites (tertiary alicyclic amines) is 1. The van der Waals surface area contributed by atoms with Crippen LogP contribution in [-0.4, -0.2) is 56.2 Å². The van der Waals surface area contributed by atoms with Crippen LogP contribution in [0.1, 0.15) is 38.8 Å². The zero-order valence-electron chi connectivity index (χ0n) is 23.5. The molecule has 1 N–H and O–H groups in total. The normalized spacial score (nSPS) is 17.5. The molecule has 40 heavy (non-hydrogen) atoms. The maximum Gasteiger partial charge on any atom is 0.410 e. The zero-order valence-corrected chi connectivity index (χ0v) is 25.9. The predicted molar refractivity (Wildman–Crippen MR) is 159 cm³/mol. The lowest BCUT2D eigenvalue weighted by atomic mass is 10.1. The van der Waals surface area contributed by atoms with Gasteiger partial charge in [0.25, 0.3) is 10.0 Å². The molecule has 0 spiro atoms. The summed E-state index contributed by atoms with van der Waals surface area (Å²) in [5, 5.41) is 5.75. The highest BCUT2D eigenvalue weighted by Gasteiger charge is 2.35. The number of thiazole rings is 1. The first kappa shape index (κ1) is 30.0. The van der Waals surface area contributed by atoms with E-state index in [1.54, 1.807) is 35.7 Å². The van der Waals surface area contributed by atoms with Gasteiger partial charge in [0.15, 0.2) is 5.13 Å². The summed E-state index contributed by atoms with van der Waals surface area (Å²) in [7, 11) is -2.41. The van der Waals surface area contributed by atoms with Gasteiger partial charge in [-0.05, 0) is 75.1 Å². The van der Waals surface area contributed by atoms with E-state index in [-0.39, 0.29) is 34.5 Å². The number of halogens is 1. The summed E-state index contributed by atoms with van der Waals surface area (Å²) in [6.45, 7) is 10.6. The minimum Gasteiger partial charge on any atom is -0.497 e. The molecule has 3 aromatic rings. The number of amides is 1. The van der Waals surface area contributed by atoms with Crippen molar-refractivity contribution in [2.75, 3.05) is 29.8 Å². The van der Waals surface area contributed by atoms with E-state index >= 15 is 0 Å². The van der Waals surface area contributed by atoms with Crippen LogP contribution in [-0.2, 0) is 21.3 Å². The SMILES string of the molecule is COc1ccc(CN(c2nccs2)S(=O)(=O)c2ccc(N[C@H]3CN(C(=O)OC(C)(C)C)C[C@@H]3C)c(Cl)c2)c(C)c1. The summed E-state index contributed by atoms with van der Waals surface area (Å²) in [4.78, 5) is 18.5. The first-order valence-corrected chi connectivity index (χ1v) is 15.6. The maximum absolute atomic E-state index is 13.9. The molecular formula is C28H35ClN4O5S2. The molecule has 9 nitrogen and oxygen atoms in total. The van der Waals surface area contributed by atoms with E-state index < -0.39 is 15.6 Å². The average molecular weight is 607 g/mol. The molecule has 12 heteroatoms. The van der Waals surface area contributed by atoms with Crippen LogP contribution in [0.3, 0.4) is 0 Å². The van der Waals surface area contributed by atoms with E-state index in [9.17, 15) is 13.2 Å². The lowest BCUT2D eigenvalue weighted by molar-refractivity contribution is 0.0288. The first-order chi connectivity index (χ1) is 18.8. The minimum absolute atomic E-state index is 0.0549. The van der Waals surface area contributed by atoms with Gasteiger partial charge in [-0.25, -0.2) is 22.5 Å². The van der Waals surface area contributed by atoms with Crippen molar-refractivity contribution < 1.29 is 22.7 Å². The standard InChI is InChI=1S/C28H35ClN4O5S2/c1-18-13-21(37-6)8-7-20(18)16-33(26-30-11-12-39-26)40(35,36)22-9-10-24(23(29)14-22)31-25-17-32(15-19(25)2)27(34)38-28(3,4)5/h7-14,19,25,31H,15-17H2,1-6H3/t19-,25-/m0/s1. The van der Waals surface area contributed by atoms with Crippen molar-refractivity contribution >= 4 is 49.9 Å². The van der Waals surface area contributed by atoms with Gasteiger partial charge in [-0.3, -0.25) is 0 Å². The number of ether oxygens (including phenoxy) is 2. The van der Waals surface area contributed by atoms with Gasteiger partial charge < -0.3 is 19.7 Å². The highest BCUT2D eigenvalue weighted by atomic mass is 35.5. The third-order valence-electron chi connectivity index (χ3n) is 6.63. The van der Waals surface area contributed by atoms with Crippen LogP contribution >= 0.6 is 22.9 Å². The Morgan fingerprint density at radius 2 is 1.98 bits per heavy atom. The Hall–Kier alpha value is -3.02. The first-order valence-electron chi connectivity index (χ1n) is 12.9. The molecule has 1 fully saturated rings. The van der Waals surface area contributed by atoms with E-state index in [1.807, 2.05) is 46.8 Å². The average Bonchev–Trinajstić information content (AvgIpc) is 3.53. The van der Waals surface area contributed by atoms with Crippen molar-refractivity contribution in [1.29, 1.82) is 0 Å². The van der Waals surface area contributed by atoms with Crippen molar-refractivity contribution in [3.05, 3.63) is 64.1 Å². The molecule has 4 rings (SSSR count). The van der Waals surface area contributed by atoms with Crippen molar-refractivity contribution in [1.82, 2.24) is 9.88 Å². The quantitative estimate of drug-likeness (QED) is 0.327. The van der Waals surface area contributed by atoms with E-state index in [2.05, 4.69) is 10.3 Å². The van der Waals surface area contributed by atoms with Crippen LogP contribution in [0.5, 0.6) is 5.75 Å². The fourth-order valence-corrected chi connectivity index (χ4v) is 7.05. The van der Waals surface area contributed by atoms with E-state index in [1.165, 1.54) is 27.8 Å². The van der Waals surface area contributed by atoms with Crippen LogP contribution in [0, 0.1) is 12.8 Å². The number of benzene rings is 2. The van der Waals surface area contributed by atoms with Gasteiger partial charge in [-0.15, -0.1) is 11.3 Å². The number of anilines is 2. The molecule has 216 valence electrons. The lowest BCUT2D eigenvalue weighted by Gasteiger charge is -2.25. The van der Waals surface area contributed by atoms with E-state index in [0.29, 0.717) is 29.7 Å². The Labute approximate surface area is 245 Å². The van der Waals surface area contributed by atoms with Gasteiger partial charge >= 0.3 is 6.09 Å². The Morgan fingerprint density at radius 1 is 1.23 bits per heavy atom. The largest absolute Gasteiger partial charge is 0.497 e. The number of aromatic nitrogens is 1. The second kappa shape index (κ2) is 11.8. The molecule has 2 aromatic carbocycles. The zero-order chi connectivity index (χ0) is 29.2. The second-order valence-corrected chi connectivity index (χ2v) is 14.0. The molecule has 1 aromatic heterocycles. The highest BCUT2D eigenvalue weighted by Crippen LogP contribution is 2.33. The number of methoxy groups -OCH3 is 1. The highest BCUT2D eigenvalue weighted by molar-refractivity contribution is 7.93. The lowest BCUT2D eigenvalue weighted by Crippen LogP contribution is -2.36. The molecule has 2 heterocycles. The summed E-state index contributed by atoms with van der Waals surface area (Å²) in [5.41, 5.74) is 1.75. The smallest absolute Gasteiger partial charge is 0.410 e.